The molecular formula is C21H25ClN4O2S. The molecule has 8 heteroatoms. The summed E-state index contributed by atoms with van der Waals surface area (Å²) in [5.41, 5.74) is 2.29. The Hall–Kier alpha value is -1.96. The number of thioether (sulfide) groups is 1. The fraction of sp³-hybridized carbons (Fsp3) is 0.429. The molecule has 1 atom stereocenters. The van der Waals surface area contributed by atoms with Crippen molar-refractivity contribution in [1.82, 2.24) is 14.4 Å². The molecule has 0 bridgehead atoms. The van der Waals surface area contributed by atoms with Crippen LogP contribution in [-0.2, 0) is 0 Å². The van der Waals surface area contributed by atoms with E-state index in [9.17, 15) is 5.11 Å². The number of halogens is 1. The third-order valence-electron chi connectivity index (χ3n) is 5.07. The zero-order valence-corrected chi connectivity index (χ0v) is 18.4. The van der Waals surface area contributed by atoms with Gasteiger partial charge < -0.3 is 14.7 Å². The van der Waals surface area contributed by atoms with Crippen molar-refractivity contribution in [2.45, 2.75) is 30.9 Å². The van der Waals surface area contributed by atoms with E-state index in [2.05, 4.69) is 14.3 Å². The number of aromatic nitrogens is 3. The average Bonchev–Trinajstić information content (AvgIpc) is 3.43. The van der Waals surface area contributed by atoms with Gasteiger partial charge in [0.1, 0.15) is 22.3 Å². The number of anilines is 1. The van der Waals surface area contributed by atoms with Crippen LogP contribution in [0, 0.1) is 5.92 Å². The van der Waals surface area contributed by atoms with Crippen molar-refractivity contribution in [2.24, 2.45) is 5.92 Å². The molecule has 1 aliphatic carbocycles. The van der Waals surface area contributed by atoms with Crippen molar-refractivity contribution < 1.29 is 9.84 Å². The third kappa shape index (κ3) is 4.17. The highest BCUT2D eigenvalue weighted by Crippen LogP contribution is 2.38. The van der Waals surface area contributed by atoms with E-state index in [1.165, 1.54) is 12.8 Å². The van der Waals surface area contributed by atoms with Gasteiger partial charge >= 0.3 is 0 Å². The van der Waals surface area contributed by atoms with Gasteiger partial charge in [-0.2, -0.15) is 0 Å². The Morgan fingerprint density at radius 3 is 2.83 bits per heavy atom. The summed E-state index contributed by atoms with van der Waals surface area (Å²) in [6, 6.07) is 5.57. The van der Waals surface area contributed by atoms with Crippen molar-refractivity contribution >= 4 is 34.8 Å². The lowest BCUT2D eigenvalue weighted by Crippen LogP contribution is -2.34. The second-order valence-corrected chi connectivity index (χ2v) is 8.66. The number of nitrogens with zero attached hydrogens (tertiary/aromatic N) is 4. The predicted octanol–water partition coefficient (Wildman–Crippen LogP) is 4.38. The van der Waals surface area contributed by atoms with E-state index in [0.29, 0.717) is 23.2 Å². The number of aliphatic hydroxyl groups is 1. The number of methoxy groups -OCH3 is 1. The topological polar surface area (TPSA) is 62.9 Å². The van der Waals surface area contributed by atoms with Crippen molar-refractivity contribution in [3.63, 3.8) is 0 Å². The van der Waals surface area contributed by atoms with Gasteiger partial charge in [-0.1, -0.05) is 11.6 Å². The molecule has 0 spiro atoms. The van der Waals surface area contributed by atoms with E-state index in [0.717, 1.165) is 34.3 Å². The van der Waals surface area contributed by atoms with Crippen LogP contribution in [0.2, 0.25) is 5.02 Å². The molecule has 1 N–H and O–H groups in total. The molecule has 4 rings (SSSR count). The van der Waals surface area contributed by atoms with Gasteiger partial charge in [0, 0.05) is 31.0 Å². The minimum absolute atomic E-state index is 0.425. The molecule has 6 nitrogen and oxygen atoms in total. The molecule has 29 heavy (non-hydrogen) atoms. The number of aliphatic hydroxyl groups excluding tert-OH is 1. The van der Waals surface area contributed by atoms with Crippen LogP contribution in [-0.4, -0.2) is 52.0 Å². The summed E-state index contributed by atoms with van der Waals surface area (Å²) in [4.78, 5) is 11.7. The fourth-order valence-electron chi connectivity index (χ4n) is 3.55. The van der Waals surface area contributed by atoms with E-state index in [-0.39, 0.29) is 0 Å². The Morgan fingerprint density at radius 2 is 2.21 bits per heavy atom. The molecule has 3 aromatic rings. The monoisotopic (exact) mass is 432 g/mol. The molecule has 1 saturated carbocycles. The van der Waals surface area contributed by atoms with Gasteiger partial charge in [-0.3, -0.25) is 9.38 Å². The number of benzene rings is 1. The molecule has 2 heterocycles. The largest absolute Gasteiger partial charge is 0.497 e. The number of fused-ring (bicyclic) bond motifs is 1. The smallest absolute Gasteiger partial charge is 0.166 e. The Kier molecular flexibility index (Phi) is 5.90. The lowest BCUT2D eigenvalue weighted by molar-refractivity contribution is 0.199. The van der Waals surface area contributed by atoms with E-state index < -0.39 is 6.10 Å². The highest BCUT2D eigenvalue weighted by Gasteiger charge is 2.29. The first-order valence-electron chi connectivity index (χ1n) is 9.69. The van der Waals surface area contributed by atoms with Gasteiger partial charge in [-0.15, -0.1) is 11.8 Å². The molecule has 0 amide bonds. The van der Waals surface area contributed by atoms with Crippen molar-refractivity contribution in [1.29, 1.82) is 0 Å². The molecule has 0 saturated heterocycles. The maximum absolute atomic E-state index is 10.1. The van der Waals surface area contributed by atoms with Crippen LogP contribution in [0.25, 0.3) is 16.9 Å². The first-order valence-corrected chi connectivity index (χ1v) is 11.3. The van der Waals surface area contributed by atoms with E-state index >= 15 is 0 Å². The van der Waals surface area contributed by atoms with E-state index in [1.807, 2.05) is 31.5 Å². The lowest BCUT2D eigenvalue weighted by atomic mass is 10.1. The Bertz CT molecular complexity index is 1020. The van der Waals surface area contributed by atoms with Gasteiger partial charge in [-0.25, -0.2) is 4.98 Å². The SMILES string of the molecule is COc1ccc(-c2nccn3c(N(CC(C)O)CC4CC4)c(SC)nc23)c(Cl)c1. The lowest BCUT2D eigenvalue weighted by Gasteiger charge is -2.26. The second kappa shape index (κ2) is 8.42. The van der Waals surface area contributed by atoms with Gasteiger partial charge in [0.15, 0.2) is 5.65 Å². The van der Waals surface area contributed by atoms with Crippen LogP contribution in [0.3, 0.4) is 0 Å². The Balaban J connectivity index is 1.85. The molecule has 1 fully saturated rings. The molecule has 1 unspecified atom stereocenters. The van der Waals surface area contributed by atoms with Gasteiger partial charge in [0.05, 0.1) is 18.2 Å². The molecule has 0 radical (unpaired) electrons. The van der Waals surface area contributed by atoms with Crippen LogP contribution in [0.1, 0.15) is 19.8 Å². The summed E-state index contributed by atoms with van der Waals surface area (Å²) in [6.45, 7) is 3.32. The summed E-state index contributed by atoms with van der Waals surface area (Å²) in [7, 11) is 1.62. The van der Waals surface area contributed by atoms with Gasteiger partial charge in [0.2, 0.25) is 0 Å². The fourth-order valence-corrected chi connectivity index (χ4v) is 4.40. The van der Waals surface area contributed by atoms with Gasteiger partial charge in [-0.05, 0) is 50.1 Å². The first kappa shape index (κ1) is 20.3. The zero-order chi connectivity index (χ0) is 20.5. The predicted molar refractivity (Wildman–Crippen MR) is 118 cm³/mol. The maximum atomic E-state index is 10.1. The number of hydrogen-bond donors (Lipinski definition) is 1. The average molecular weight is 433 g/mol. The van der Waals surface area contributed by atoms with Crippen LogP contribution < -0.4 is 9.64 Å². The molecular weight excluding hydrogens is 408 g/mol. The summed E-state index contributed by atoms with van der Waals surface area (Å²) < 4.78 is 7.33. The second-order valence-electron chi connectivity index (χ2n) is 7.46. The summed E-state index contributed by atoms with van der Waals surface area (Å²) in [6.07, 6.45) is 7.80. The van der Waals surface area contributed by atoms with Crippen molar-refractivity contribution in [3.05, 3.63) is 35.6 Å². The van der Waals surface area contributed by atoms with Crippen LogP contribution in [0.5, 0.6) is 5.75 Å². The quantitative estimate of drug-likeness (QED) is 0.533. The Morgan fingerprint density at radius 1 is 1.41 bits per heavy atom. The number of imidazole rings is 1. The molecule has 2 aromatic heterocycles. The maximum Gasteiger partial charge on any atom is 0.166 e. The summed E-state index contributed by atoms with van der Waals surface area (Å²) in [5, 5.41) is 11.6. The van der Waals surface area contributed by atoms with E-state index in [1.54, 1.807) is 31.1 Å². The standard InChI is InChI=1S/C21H25ClN4O2S/c1-13(27)11-25(12-14-4-5-14)21-20(29-3)24-19-18(23-8-9-26(19)21)16-7-6-15(28-2)10-17(16)22/h6-10,13-14,27H,4-5,11-12H2,1-3H3. The van der Waals surface area contributed by atoms with Crippen LogP contribution in [0.4, 0.5) is 5.82 Å². The molecule has 1 aromatic carbocycles. The number of rotatable bonds is 8. The number of hydrogen-bond acceptors (Lipinski definition) is 6. The molecule has 1 aliphatic rings. The van der Waals surface area contributed by atoms with E-state index in [4.69, 9.17) is 21.3 Å². The van der Waals surface area contributed by atoms with Gasteiger partial charge in [0.25, 0.3) is 0 Å². The minimum atomic E-state index is -0.425. The normalized spacial score (nSPS) is 14.9. The number of ether oxygens (including phenoxy) is 1. The highest BCUT2D eigenvalue weighted by molar-refractivity contribution is 7.98. The molecule has 0 aliphatic heterocycles. The first-order chi connectivity index (χ1) is 14.0. The Labute approximate surface area is 179 Å². The van der Waals surface area contributed by atoms with Crippen molar-refractivity contribution in [3.8, 4) is 17.0 Å². The zero-order valence-electron chi connectivity index (χ0n) is 16.8. The highest BCUT2D eigenvalue weighted by atomic mass is 35.5. The summed E-state index contributed by atoms with van der Waals surface area (Å²) in [5.74, 6) is 2.40. The van der Waals surface area contributed by atoms with Crippen LogP contribution >= 0.6 is 23.4 Å². The molecule has 154 valence electrons. The minimum Gasteiger partial charge on any atom is -0.497 e. The third-order valence-corrected chi connectivity index (χ3v) is 6.04. The summed E-state index contributed by atoms with van der Waals surface area (Å²) >= 11 is 8.13. The van der Waals surface area contributed by atoms with Crippen LogP contribution in [0.15, 0.2) is 35.6 Å². The van der Waals surface area contributed by atoms with Crippen molar-refractivity contribution in [2.75, 3.05) is 31.4 Å².